The van der Waals surface area contributed by atoms with Crippen LogP contribution in [-0.2, 0) is 9.59 Å². The lowest BCUT2D eigenvalue weighted by Crippen LogP contribution is -2.35. The number of ether oxygens (including phenoxy) is 1. The molecular formula is C24H27FN2O4. The number of likely N-dealkylation sites (N-methyl/N-ethyl adjacent to an activating group) is 1. The maximum absolute atomic E-state index is 14.7. The van der Waals surface area contributed by atoms with Gasteiger partial charge in [-0.25, -0.2) is 4.39 Å². The van der Waals surface area contributed by atoms with Gasteiger partial charge >= 0.3 is 0 Å². The number of amides is 1. The third-order valence-electron chi connectivity index (χ3n) is 5.03. The summed E-state index contributed by atoms with van der Waals surface area (Å²) in [4.78, 5) is 28.9. The van der Waals surface area contributed by atoms with E-state index in [1.54, 1.807) is 30.3 Å². The van der Waals surface area contributed by atoms with Gasteiger partial charge in [-0.15, -0.1) is 0 Å². The smallest absolute Gasteiger partial charge is 0.295 e. The highest BCUT2D eigenvalue weighted by molar-refractivity contribution is 6.46. The first-order valence-corrected chi connectivity index (χ1v) is 10.2. The number of aliphatic hydroxyl groups excluding tert-OH is 1. The molecule has 0 radical (unpaired) electrons. The Balaban J connectivity index is 2.09. The molecule has 0 aromatic heterocycles. The minimum Gasteiger partial charge on any atom is -0.507 e. The van der Waals surface area contributed by atoms with Crippen molar-refractivity contribution in [3.8, 4) is 5.75 Å². The fraction of sp³-hybridized carbons (Fsp3) is 0.333. The number of benzene rings is 2. The minimum atomic E-state index is -1.01. The molecule has 3 rings (SSSR count). The lowest BCUT2D eigenvalue weighted by Gasteiger charge is -2.26. The third-order valence-corrected chi connectivity index (χ3v) is 5.03. The zero-order valence-electron chi connectivity index (χ0n) is 18.1. The number of halogens is 1. The van der Waals surface area contributed by atoms with E-state index in [4.69, 9.17) is 4.74 Å². The highest BCUT2D eigenvalue weighted by Gasteiger charge is 2.46. The molecule has 1 atom stereocenters. The molecule has 0 saturated carbocycles. The molecule has 1 aliphatic rings. The van der Waals surface area contributed by atoms with Crippen LogP contribution in [0.4, 0.5) is 4.39 Å². The van der Waals surface area contributed by atoms with Crippen LogP contribution in [0, 0.1) is 5.82 Å². The molecule has 1 amide bonds. The topological polar surface area (TPSA) is 70.1 Å². The van der Waals surface area contributed by atoms with Gasteiger partial charge in [0.2, 0.25) is 0 Å². The van der Waals surface area contributed by atoms with Crippen molar-refractivity contribution in [2.45, 2.75) is 26.0 Å². The molecule has 0 aliphatic carbocycles. The maximum Gasteiger partial charge on any atom is 0.295 e. The summed E-state index contributed by atoms with van der Waals surface area (Å²) < 4.78 is 20.3. The number of Topliss-reactive ketones (excluding diaryl/α,β-unsaturated/α-hetero) is 1. The predicted molar refractivity (Wildman–Crippen MR) is 116 cm³/mol. The van der Waals surface area contributed by atoms with Crippen LogP contribution < -0.4 is 4.74 Å². The molecule has 1 saturated heterocycles. The fourth-order valence-corrected chi connectivity index (χ4v) is 3.56. The van der Waals surface area contributed by atoms with Crippen molar-refractivity contribution in [3.63, 3.8) is 0 Å². The van der Waals surface area contributed by atoms with Crippen molar-refractivity contribution in [2.75, 3.05) is 27.2 Å². The van der Waals surface area contributed by atoms with Crippen LogP contribution in [0.1, 0.15) is 31.0 Å². The molecule has 6 nitrogen and oxygen atoms in total. The molecule has 7 heteroatoms. The van der Waals surface area contributed by atoms with Crippen LogP contribution in [0.15, 0.2) is 54.1 Å². The van der Waals surface area contributed by atoms with E-state index in [0.29, 0.717) is 17.9 Å². The van der Waals surface area contributed by atoms with Crippen LogP contribution in [0.5, 0.6) is 5.75 Å². The summed E-state index contributed by atoms with van der Waals surface area (Å²) in [7, 11) is 3.69. The fourth-order valence-electron chi connectivity index (χ4n) is 3.56. The van der Waals surface area contributed by atoms with Crippen molar-refractivity contribution in [1.29, 1.82) is 0 Å². The standard InChI is InChI=1S/C24H27FN2O4/c1-15(2)31-17-11-9-16(10-12-17)22(28)20-21(18-7-5-6-8-19(18)25)27(14-13-26(3)4)24(30)23(20)29/h5-12,15,21,28H,13-14H2,1-4H3. The molecule has 1 fully saturated rings. The average molecular weight is 426 g/mol. The Hall–Kier alpha value is -3.19. The molecule has 2 aromatic carbocycles. The normalized spacial score (nSPS) is 18.3. The van der Waals surface area contributed by atoms with E-state index >= 15 is 0 Å². The summed E-state index contributed by atoms with van der Waals surface area (Å²) in [5, 5.41) is 11.0. The third kappa shape index (κ3) is 4.77. The summed E-state index contributed by atoms with van der Waals surface area (Å²) in [6, 6.07) is 11.6. The van der Waals surface area contributed by atoms with E-state index in [2.05, 4.69) is 0 Å². The van der Waals surface area contributed by atoms with Crippen LogP contribution in [0.25, 0.3) is 5.76 Å². The largest absolute Gasteiger partial charge is 0.507 e. The Bertz CT molecular complexity index is 999. The number of hydrogen-bond donors (Lipinski definition) is 1. The molecule has 31 heavy (non-hydrogen) atoms. The van der Waals surface area contributed by atoms with Gasteiger partial charge in [0.25, 0.3) is 11.7 Å². The van der Waals surface area contributed by atoms with Gasteiger partial charge in [0.05, 0.1) is 17.7 Å². The van der Waals surface area contributed by atoms with Gasteiger partial charge in [-0.1, -0.05) is 18.2 Å². The lowest BCUT2D eigenvalue weighted by atomic mass is 9.95. The number of nitrogens with zero attached hydrogens (tertiary/aromatic N) is 2. The monoisotopic (exact) mass is 426 g/mol. The Morgan fingerprint density at radius 1 is 1.13 bits per heavy atom. The Morgan fingerprint density at radius 3 is 2.35 bits per heavy atom. The van der Waals surface area contributed by atoms with Gasteiger partial charge in [0.1, 0.15) is 17.3 Å². The second-order valence-corrected chi connectivity index (χ2v) is 8.01. The molecular weight excluding hydrogens is 399 g/mol. The minimum absolute atomic E-state index is 0.0116. The van der Waals surface area contributed by atoms with E-state index in [1.165, 1.54) is 23.1 Å². The quantitative estimate of drug-likeness (QED) is 0.416. The molecule has 2 aromatic rings. The lowest BCUT2D eigenvalue weighted by molar-refractivity contribution is -0.140. The van der Waals surface area contributed by atoms with Crippen LogP contribution in [-0.4, -0.2) is 59.9 Å². The molecule has 0 bridgehead atoms. The highest BCUT2D eigenvalue weighted by atomic mass is 19.1. The predicted octanol–water partition coefficient (Wildman–Crippen LogP) is 3.60. The van der Waals surface area contributed by atoms with Gasteiger partial charge in [-0.2, -0.15) is 0 Å². The van der Waals surface area contributed by atoms with E-state index in [-0.39, 0.29) is 29.5 Å². The average Bonchev–Trinajstić information content (AvgIpc) is 2.96. The molecule has 164 valence electrons. The first kappa shape index (κ1) is 22.5. The van der Waals surface area contributed by atoms with Crippen LogP contribution in [0.3, 0.4) is 0 Å². The number of carbonyl (C=O) groups excluding carboxylic acids is 2. The van der Waals surface area contributed by atoms with Crippen molar-refractivity contribution < 1.29 is 23.8 Å². The van der Waals surface area contributed by atoms with E-state index in [0.717, 1.165) is 0 Å². The number of aliphatic hydroxyl groups is 1. The van der Waals surface area contributed by atoms with Gasteiger partial charge in [0, 0.05) is 24.2 Å². The van der Waals surface area contributed by atoms with Gasteiger partial charge in [-0.05, 0) is 58.3 Å². The first-order valence-electron chi connectivity index (χ1n) is 10.2. The molecule has 0 spiro atoms. The number of ketones is 1. The molecule has 1 unspecified atom stereocenters. The summed E-state index contributed by atoms with van der Waals surface area (Å²) in [6.07, 6.45) is -0.0116. The Kier molecular flexibility index (Phi) is 6.75. The Morgan fingerprint density at radius 2 is 1.77 bits per heavy atom. The number of carbonyl (C=O) groups is 2. The Labute approximate surface area is 181 Å². The van der Waals surface area contributed by atoms with Crippen LogP contribution in [0.2, 0.25) is 0 Å². The number of likely N-dealkylation sites (tertiary alicyclic amines) is 1. The number of hydrogen-bond acceptors (Lipinski definition) is 5. The van der Waals surface area contributed by atoms with Crippen molar-refractivity contribution in [1.82, 2.24) is 9.80 Å². The summed E-state index contributed by atoms with van der Waals surface area (Å²) in [6.45, 7) is 4.50. The molecule has 1 N–H and O–H groups in total. The van der Waals surface area contributed by atoms with Crippen molar-refractivity contribution in [2.24, 2.45) is 0 Å². The zero-order valence-corrected chi connectivity index (χ0v) is 18.1. The summed E-state index contributed by atoms with van der Waals surface area (Å²) >= 11 is 0. The highest BCUT2D eigenvalue weighted by Crippen LogP contribution is 2.40. The molecule has 1 heterocycles. The zero-order chi connectivity index (χ0) is 22.7. The van der Waals surface area contributed by atoms with E-state index in [1.807, 2.05) is 32.8 Å². The van der Waals surface area contributed by atoms with Gasteiger partial charge < -0.3 is 19.6 Å². The van der Waals surface area contributed by atoms with E-state index < -0.39 is 23.5 Å². The number of rotatable bonds is 7. The van der Waals surface area contributed by atoms with Crippen molar-refractivity contribution in [3.05, 3.63) is 71.0 Å². The van der Waals surface area contributed by atoms with Gasteiger partial charge in [0.15, 0.2) is 0 Å². The first-order chi connectivity index (χ1) is 14.7. The second kappa shape index (κ2) is 9.31. The van der Waals surface area contributed by atoms with Crippen LogP contribution >= 0.6 is 0 Å². The second-order valence-electron chi connectivity index (χ2n) is 8.01. The van der Waals surface area contributed by atoms with Crippen molar-refractivity contribution >= 4 is 17.4 Å². The van der Waals surface area contributed by atoms with Gasteiger partial charge in [-0.3, -0.25) is 9.59 Å². The summed E-state index contributed by atoms with van der Waals surface area (Å²) in [5.41, 5.74) is 0.399. The summed E-state index contributed by atoms with van der Waals surface area (Å²) in [5.74, 6) is -1.85. The van der Waals surface area contributed by atoms with E-state index in [9.17, 15) is 19.1 Å². The maximum atomic E-state index is 14.7. The SMILES string of the molecule is CC(C)Oc1ccc(C(O)=C2C(=O)C(=O)N(CCN(C)C)C2c2ccccc2F)cc1. The molecule has 1 aliphatic heterocycles.